The van der Waals surface area contributed by atoms with Crippen LogP contribution in [0.3, 0.4) is 0 Å². The van der Waals surface area contributed by atoms with Gasteiger partial charge in [0.25, 0.3) is 6.43 Å². The van der Waals surface area contributed by atoms with E-state index in [2.05, 4.69) is 5.32 Å². The number of rotatable bonds is 8. The summed E-state index contributed by atoms with van der Waals surface area (Å²) >= 11 is 6.16. The fourth-order valence-electron chi connectivity index (χ4n) is 2.54. The van der Waals surface area contributed by atoms with Crippen molar-refractivity contribution in [1.29, 1.82) is 0 Å². The quantitative estimate of drug-likeness (QED) is 0.743. The van der Waals surface area contributed by atoms with Gasteiger partial charge in [0.15, 0.2) is 0 Å². The number of hydrogen-bond donors (Lipinski definition) is 1. The SMILES string of the molecule is CCNC(CCOCC(F)F)c1cc(Cl)cc2c1OCC2. The van der Waals surface area contributed by atoms with Crippen LogP contribution in [0.2, 0.25) is 5.02 Å². The molecule has 0 bridgehead atoms. The highest BCUT2D eigenvalue weighted by molar-refractivity contribution is 6.30. The molecule has 1 aromatic rings. The lowest BCUT2D eigenvalue weighted by atomic mass is 9.99. The number of halogens is 3. The fourth-order valence-corrected chi connectivity index (χ4v) is 2.79. The molecule has 0 aromatic heterocycles. The van der Waals surface area contributed by atoms with Crippen molar-refractivity contribution >= 4 is 11.6 Å². The van der Waals surface area contributed by atoms with E-state index in [0.29, 0.717) is 18.1 Å². The standard InChI is InChI=1S/C15H20ClF2NO2/c1-2-19-13(4-5-20-9-14(17)18)12-8-11(16)7-10-3-6-21-15(10)12/h7-8,13-14,19H,2-6,9H2,1H3. The molecule has 1 unspecified atom stereocenters. The maximum absolute atomic E-state index is 12.1. The first-order chi connectivity index (χ1) is 10.1. The number of alkyl halides is 2. The van der Waals surface area contributed by atoms with Gasteiger partial charge in [0.1, 0.15) is 12.4 Å². The molecule has 1 aliphatic heterocycles. The van der Waals surface area contributed by atoms with E-state index in [1.54, 1.807) is 0 Å². The first kappa shape index (κ1) is 16.5. The largest absolute Gasteiger partial charge is 0.493 e. The molecular weight excluding hydrogens is 300 g/mol. The van der Waals surface area contributed by atoms with Crippen molar-refractivity contribution in [2.24, 2.45) is 0 Å². The molecule has 1 aromatic carbocycles. The van der Waals surface area contributed by atoms with Gasteiger partial charge in [-0.05, 0) is 30.7 Å². The second kappa shape index (κ2) is 7.92. The Labute approximate surface area is 128 Å². The molecule has 0 spiro atoms. The predicted molar refractivity (Wildman–Crippen MR) is 78.5 cm³/mol. The predicted octanol–water partition coefficient (Wildman–Crippen LogP) is 3.60. The molecule has 0 aliphatic carbocycles. The maximum atomic E-state index is 12.1. The Bertz CT molecular complexity index is 471. The van der Waals surface area contributed by atoms with Crippen LogP contribution in [0.1, 0.15) is 30.5 Å². The lowest BCUT2D eigenvalue weighted by molar-refractivity contribution is 0.0143. The molecule has 3 nitrogen and oxygen atoms in total. The van der Waals surface area contributed by atoms with Gasteiger partial charge < -0.3 is 14.8 Å². The third-order valence-electron chi connectivity index (χ3n) is 3.40. The first-order valence-electron chi connectivity index (χ1n) is 7.16. The topological polar surface area (TPSA) is 30.5 Å². The Hall–Kier alpha value is -0.910. The second-order valence-electron chi connectivity index (χ2n) is 4.95. The highest BCUT2D eigenvalue weighted by atomic mass is 35.5. The van der Waals surface area contributed by atoms with Crippen LogP contribution in [0.15, 0.2) is 12.1 Å². The van der Waals surface area contributed by atoms with E-state index in [1.807, 2.05) is 19.1 Å². The molecule has 0 fully saturated rings. The number of hydrogen-bond acceptors (Lipinski definition) is 3. The molecule has 6 heteroatoms. The van der Waals surface area contributed by atoms with Gasteiger partial charge in [-0.15, -0.1) is 0 Å². The van der Waals surface area contributed by atoms with Gasteiger partial charge in [0.05, 0.1) is 6.61 Å². The number of nitrogens with one attached hydrogen (secondary N) is 1. The van der Waals surface area contributed by atoms with Crippen LogP contribution in [0.4, 0.5) is 8.78 Å². The minimum Gasteiger partial charge on any atom is -0.493 e. The molecule has 2 rings (SSSR count). The van der Waals surface area contributed by atoms with Crippen molar-refractivity contribution in [1.82, 2.24) is 5.32 Å². The summed E-state index contributed by atoms with van der Waals surface area (Å²) in [6.07, 6.45) is -0.985. The van der Waals surface area contributed by atoms with Gasteiger partial charge >= 0.3 is 0 Å². The first-order valence-corrected chi connectivity index (χ1v) is 7.54. The zero-order chi connectivity index (χ0) is 15.2. The molecule has 21 heavy (non-hydrogen) atoms. The molecule has 1 atom stereocenters. The lowest BCUT2D eigenvalue weighted by Gasteiger charge is -2.21. The van der Waals surface area contributed by atoms with Gasteiger partial charge in [-0.3, -0.25) is 0 Å². The Morgan fingerprint density at radius 1 is 1.43 bits per heavy atom. The normalized spacial score (nSPS) is 15.1. The van der Waals surface area contributed by atoms with E-state index in [9.17, 15) is 8.78 Å². The molecule has 0 amide bonds. The minimum absolute atomic E-state index is 0.0155. The van der Waals surface area contributed by atoms with Crippen LogP contribution < -0.4 is 10.1 Å². The Balaban J connectivity index is 2.07. The van der Waals surface area contributed by atoms with Crippen LogP contribution in [-0.2, 0) is 11.2 Å². The Morgan fingerprint density at radius 2 is 2.24 bits per heavy atom. The highest BCUT2D eigenvalue weighted by Gasteiger charge is 2.23. The van der Waals surface area contributed by atoms with Crippen LogP contribution in [0, 0.1) is 0 Å². The van der Waals surface area contributed by atoms with E-state index in [-0.39, 0.29) is 12.6 Å². The lowest BCUT2D eigenvalue weighted by Crippen LogP contribution is -2.23. The van der Waals surface area contributed by atoms with E-state index in [1.165, 1.54) is 0 Å². The molecule has 1 heterocycles. The van der Waals surface area contributed by atoms with E-state index in [4.69, 9.17) is 21.1 Å². The summed E-state index contributed by atoms with van der Waals surface area (Å²) in [6.45, 7) is 3.16. The van der Waals surface area contributed by atoms with Crippen LogP contribution in [-0.4, -0.2) is 32.8 Å². The van der Waals surface area contributed by atoms with Crippen molar-refractivity contribution in [2.75, 3.05) is 26.4 Å². The maximum Gasteiger partial charge on any atom is 0.261 e. The van der Waals surface area contributed by atoms with Crippen molar-refractivity contribution in [3.05, 3.63) is 28.3 Å². The van der Waals surface area contributed by atoms with Gasteiger partial charge in [-0.2, -0.15) is 0 Å². The van der Waals surface area contributed by atoms with Gasteiger partial charge in [-0.1, -0.05) is 18.5 Å². The van der Waals surface area contributed by atoms with E-state index >= 15 is 0 Å². The molecule has 118 valence electrons. The van der Waals surface area contributed by atoms with Crippen molar-refractivity contribution < 1.29 is 18.3 Å². The summed E-state index contributed by atoms with van der Waals surface area (Å²) in [5.41, 5.74) is 2.09. The van der Waals surface area contributed by atoms with Gasteiger partial charge in [-0.25, -0.2) is 8.78 Å². The molecule has 0 saturated heterocycles. The summed E-state index contributed by atoms with van der Waals surface area (Å²) in [5, 5.41) is 4.01. The van der Waals surface area contributed by atoms with E-state index < -0.39 is 13.0 Å². The second-order valence-corrected chi connectivity index (χ2v) is 5.38. The highest BCUT2D eigenvalue weighted by Crippen LogP contribution is 2.37. The molecule has 1 aliphatic rings. The Morgan fingerprint density at radius 3 is 2.95 bits per heavy atom. The summed E-state index contributed by atoms with van der Waals surface area (Å²) in [5.74, 6) is 0.874. The molecule has 0 radical (unpaired) electrons. The van der Waals surface area contributed by atoms with Crippen LogP contribution in [0.25, 0.3) is 0 Å². The van der Waals surface area contributed by atoms with Crippen LogP contribution >= 0.6 is 11.6 Å². The molecule has 1 N–H and O–H groups in total. The average molecular weight is 320 g/mol. The fraction of sp³-hybridized carbons (Fsp3) is 0.600. The smallest absolute Gasteiger partial charge is 0.261 e. The summed E-state index contributed by atoms with van der Waals surface area (Å²) in [7, 11) is 0. The summed E-state index contributed by atoms with van der Waals surface area (Å²) in [4.78, 5) is 0. The van der Waals surface area contributed by atoms with Gasteiger partial charge in [0, 0.05) is 29.7 Å². The monoisotopic (exact) mass is 319 g/mol. The van der Waals surface area contributed by atoms with Crippen LogP contribution in [0.5, 0.6) is 5.75 Å². The average Bonchev–Trinajstić information content (AvgIpc) is 2.89. The van der Waals surface area contributed by atoms with Gasteiger partial charge in [0.2, 0.25) is 0 Å². The van der Waals surface area contributed by atoms with Crippen molar-refractivity contribution in [3.63, 3.8) is 0 Å². The molecule has 0 saturated carbocycles. The van der Waals surface area contributed by atoms with E-state index in [0.717, 1.165) is 29.8 Å². The van der Waals surface area contributed by atoms with Crippen molar-refractivity contribution in [3.8, 4) is 5.75 Å². The summed E-state index contributed by atoms with van der Waals surface area (Å²) in [6, 6.07) is 3.79. The molecular formula is C15H20ClF2NO2. The third kappa shape index (κ3) is 4.53. The zero-order valence-corrected chi connectivity index (χ0v) is 12.8. The third-order valence-corrected chi connectivity index (χ3v) is 3.62. The number of benzene rings is 1. The van der Waals surface area contributed by atoms with Crippen molar-refractivity contribution in [2.45, 2.75) is 32.2 Å². The summed E-state index contributed by atoms with van der Waals surface area (Å²) < 4.78 is 34.8. The Kier molecular flexibility index (Phi) is 6.21. The number of fused-ring (bicyclic) bond motifs is 1. The zero-order valence-electron chi connectivity index (χ0n) is 12.0. The number of ether oxygens (including phenoxy) is 2. The minimum atomic E-state index is -2.43.